The van der Waals surface area contributed by atoms with Crippen LogP contribution in [-0.2, 0) is 9.59 Å². The number of hydrogen-bond donors (Lipinski definition) is 2. The van der Waals surface area contributed by atoms with Gasteiger partial charge in [-0.05, 0) is 6.92 Å². The molecule has 0 spiro atoms. The molecule has 0 radical (unpaired) electrons. The molecule has 3 amide bonds. The predicted octanol–water partition coefficient (Wildman–Crippen LogP) is -0.811. The zero-order valence-electron chi connectivity index (χ0n) is 9.85. The van der Waals surface area contributed by atoms with Crippen molar-refractivity contribution in [1.82, 2.24) is 15.1 Å². The maximum Gasteiger partial charge on any atom is 0.325 e. The summed E-state index contributed by atoms with van der Waals surface area (Å²) in [7, 11) is 4.58. The molecule has 0 bridgehead atoms. The minimum absolute atomic E-state index is 0.0921. The normalized spacial score (nSPS) is 11.5. The van der Waals surface area contributed by atoms with Gasteiger partial charge in [0.15, 0.2) is 0 Å². The lowest BCUT2D eigenvalue weighted by atomic mass is 10.3. The second kappa shape index (κ2) is 5.94. The first-order valence-corrected chi connectivity index (χ1v) is 4.70. The zero-order valence-corrected chi connectivity index (χ0v) is 9.85. The molecular weight excluding hydrogens is 214 g/mol. The van der Waals surface area contributed by atoms with Crippen LogP contribution in [0.15, 0.2) is 0 Å². The number of carbonyl (C=O) groups excluding carboxylic acids is 2. The van der Waals surface area contributed by atoms with Crippen molar-refractivity contribution in [2.24, 2.45) is 0 Å². The van der Waals surface area contributed by atoms with Crippen molar-refractivity contribution in [1.29, 1.82) is 0 Å². The van der Waals surface area contributed by atoms with E-state index in [1.807, 2.05) is 0 Å². The Morgan fingerprint density at radius 1 is 1.25 bits per heavy atom. The number of hydrogen-bond acceptors (Lipinski definition) is 3. The summed E-state index contributed by atoms with van der Waals surface area (Å²) < 4.78 is 0. The Morgan fingerprint density at radius 2 is 1.75 bits per heavy atom. The Balaban J connectivity index is 4.19. The zero-order chi connectivity index (χ0) is 12.9. The summed E-state index contributed by atoms with van der Waals surface area (Å²) in [6.45, 7) is 1.26. The molecule has 92 valence electrons. The summed E-state index contributed by atoms with van der Waals surface area (Å²) in [5, 5.41) is 10.8. The van der Waals surface area contributed by atoms with Crippen LogP contribution in [0.3, 0.4) is 0 Å². The van der Waals surface area contributed by atoms with Gasteiger partial charge in [0.25, 0.3) is 0 Å². The number of aliphatic carboxylic acids is 1. The van der Waals surface area contributed by atoms with Gasteiger partial charge in [0, 0.05) is 21.1 Å². The van der Waals surface area contributed by atoms with Gasteiger partial charge in [0.05, 0.1) is 0 Å². The summed E-state index contributed by atoms with van der Waals surface area (Å²) in [6, 6.07) is -1.57. The summed E-state index contributed by atoms with van der Waals surface area (Å²) >= 11 is 0. The number of urea groups is 1. The van der Waals surface area contributed by atoms with E-state index in [1.54, 1.807) is 14.1 Å². The topological polar surface area (TPSA) is 90.0 Å². The largest absolute Gasteiger partial charge is 0.480 e. The van der Waals surface area contributed by atoms with Gasteiger partial charge in [0.1, 0.15) is 12.6 Å². The molecule has 1 atom stereocenters. The second-order valence-corrected chi connectivity index (χ2v) is 3.65. The van der Waals surface area contributed by atoms with Gasteiger partial charge >= 0.3 is 12.0 Å². The third-order valence-electron chi connectivity index (χ3n) is 1.93. The minimum Gasteiger partial charge on any atom is -0.480 e. The Labute approximate surface area is 94.0 Å². The number of carbonyl (C=O) groups is 3. The number of carboxylic acids is 1. The van der Waals surface area contributed by atoms with Crippen LogP contribution in [0.5, 0.6) is 0 Å². The number of carboxylic acid groups (broad SMARTS) is 1. The number of nitrogens with one attached hydrogen (secondary N) is 1. The maximum absolute atomic E-state index is 11.4. The molecule has 0 fully saturated rings. The molecule has 0 aliphatic heterocycles. The fourth-order valence-corrected chi connectivity index (χ4v) is 0.773. The highest BCUT2D eigenvalue weighted by atomic mass is 16.4. The fraction of sp³-hybridized carbons (Fsp3) is 0.667. The first-order valence-electron chi connectivity index (χ1n) is 4.70. The second-order valence-electron chi connectivity index (χ2n) is 3.65. The molecule has 0 aliphatic carbocycles. The van der Waals surface area contributed by atoms with Gasteiger partial charge < -0.3 is 20.2 Å². The maximum atomic E-state index is 11.4. The SMILES string of the molecule is C[C@@H](NC(=O)N(C)CC(=O)N(C)C)C(=O)O. The van der Waals surface area contributed by atoms with Crippen LogP contribution in [0.1, 0.15) is 6.92 Å². The lowest BCUT2D eigenvalue weighted by molar-refractivity contribution is -0.138. The van der Waals surface area contributed by atoms with Gasteiger partial charge in [-0.1, -0.05) is 0 Å². The smallest absolute Gasteiger partial charge is 0.325 e. The lowest BCUT2D eigenvalue weighted by Gasteiger charge is -2.20. The summed E-state index contributed by atoms with van der Waals surface area (Å²) in [4.78, 5) is 35.6. The Bertz CT molecular complexity index is 290. The summed E-state index contributed by atoms with van der Waals surface area (Å²) in [6.07, 6.45) is 0. The number of rotatable bonds is 4. The van der Waals surface area contributed by atoms with E-state index in [0.29, 0.717) is 0 Å². The first kappa shape index (κ1) is 14.2. The molecule has 0 saturated heterocycles. The van der Waals surface area contributed by atoms with E-state index in [2.05, 4.69) is 5.32 Å². The van der Waals surface area contributed by atoms with Gasteiger partial charge in [-0.15, -0.1) is 0 Å². The summed E-state index contributed by atoms with van der Waals surface area (Å²) in [5.41, 5.74) is 0. The van der Waals surface area contributed by atoms with E-state index in [1.165, 1.54) is 18.9 Å². The van der Waals surface area contributed by atoms with Crippen molar-refractivity contribution in [2.75, 3.05) is 27.7 Å². The molecule has 7 nitrogen and oxygen atoms in total. The van der Waals surface area contributed by atoms with Gasteiger partial charge in [-0.25, -0.2) is 4.79 Å². The number of amides is 3. The quantitative estimate of drug-likeness (QED) is 0.662. The Hall–Kier alpha value is -1.79. The molecule has 0 aromatic heterocycles. The molecule has 0 aliphatic rings. The highest BCUT2D eigenvalue weighted by Gasteiger charge is 2.18. The van der Waals surface area contributed by atoms with Crippen LogP contribution in [0.25, 0.3) is 0 Å². The summed E-state index contributed by atoms with van der Waals surface area (Å²) in [5.74, 6) is -1.36. The average Bonchev–Trinajstić information content (AvgIpc) is 2.16. The highest BCUT2D eigenvalue weighted by Crippen LogP contribution is 1.90. The predicted molar refractivity (Wildman–Crippen MR) is 57.0 cm³/mol. The van der Waals surface area contributed by atoms with Crippen LogP contribution in [0.2, 0.25) is 0 Å². The van der Waals surface area contributed by atoms with E-state index in [9.17, 15) is 14.4 Å². The third-order valence-corrected chi connectivity index (χ3v) is 1.93. The van der Waals surface area contributed by atoms with Crippen molar-refractivity contribution in [3.8, 4) is 0 Å². The van der Waals surface area contributed by atoms with Crippen molar-refractivity contribution in [3.05, 3.63) is 0 Å². The van der Waals surface area contributed by atoms with Crippen LogP contribution >= 0.6 is 0 Å². The van der Waals surface area contributed by atoms with Gasteiger partial charge in [0.2, 0.25) is 5.91 Å². The van der Waals surface area contributed by atoms with E-state index in [4.69, 9.17) is 5.11 Å². The number of likely N-dealkylation sites (N-methyl/N-ethyl adjacent to an activating group) is 2. The van der Waals surface area contributed by atoms with E-state index in [-0.39, 0.29) is 12.5 Å². The van der Waals surface area contributed by atoms with Crippen molar-refractivity contribution in [2.45, 2.75) is 13.0 Å². The van der Waals surface area contributed by atoms with Crippen LogP contribution in [0, 0.1) is 0 Å². The average molecular weight is 231 g/mol. The molecule has 7 heteroatoms. The Kier molecular flexibility index (Phi) is 5.27. The van der Waals surface area contributed by atoms with Crippen molar-refractivity contribution >= 4 is 17.9 Å². The monoisotopic (exact) mass is 231 g/mol. The molecule has 0 unspecified atom stereocenters. The highest BCUT2D eigenvalue weighted by molar-refractivity contribution is 5.86. The first-order chi connectivity index (χ1) is 7.25. The van der Waals surface area contributed by atoms with Crippen LogP contribution in [-0.4, -0.2) is 66.5 Å². The lowest BCUT2D eigenvalue weighted by Crippen LogP contribution is -2.47. The van der Waals surface area contributed by atoms with Gasteiger partial charge in [-0.3, -0.25) is 9.59 Å². The van der Waals surface area contributed by atoms with E-state index in [0.717, 1.165) is 4.90 Å². The van der Waals surface area contributed by atoms with E-state index >= 15 is 0 Å². The standard InChI is InChI=1S/C9H17N3O4/c1-6(8(14)15)10-9(16)12(4)5-7(13)11(2)3/h6H,5H2,1-4H3,(H,10,16)(H,14,15)/t6-/m1/s1. The van der Waals surface area contributed by atoms with Crippen LogP contribution in [0.4, 0.5) is 4.79 Å². The van der Waals surface area contributed by atoms with E-state index < -0.39 is 18.0 Å². The Morgan fingerprint density at radius 3 is 2.12 bits per heavy atom. The molecular formula is C9H17N3O4. The fourth-order valence-electron chi connectivity index (χ4n) is 0.773. The van der Waals surface area contributed by atoms with Crippen LogP contribution < -0.4 is 5.32 Å². The molecule has 16 heavy (non-hydrogen) atoms. The van der Waals surface area contributed by atoms with Gasteiger partial charge in [-0.2, -0.15) is 0 Å². The molecule has 0 saturated carbocycles. The molecule has 0 heterocycles. The molecule has 0 rings (SSSR count). The number of nitrogens with zero attached hydrogens (tertiary/aromatic N) is 2. The molecule has 2 N–H and O–H groups in total. The molecule has 0 aromatic rings. The van der Waals surface area contributed by atoms with Crippen molar-refractivity contribution < 1.29 is 19.5 Å². The van der Waals surface area contributed by atoms with Crippen molar-refractivity contribution in [3.63, 3.8) is 0 Å². The molecule has 0 aromatic carbocycles. The minimum atomic E-state index is -1.12. The third kappa shape index (κ3) is 4.63.